The molecule has 198 valence electrons. The van der Waals surface area contributed by atoms with Gasteiger partial charge in [0, 0.05) is 0 Å². The zero-order chi connectivity index (χ0) is 27.6. The monoisotopic (exact) mass is 724 g/mol. The zero-order valence-corrected chi connectivity index (χ0v) is 26.3. The lowest BCUT2D eigenvalue weighted by Crippen LogP contribution is -2.40. The van der Waals surface area contributed by atoms with E-state index in [-0.39, 0.29) is 12.2 Å². The molecule has 0 spiro atoms. The molecular weight excluding hydrogens is 704 g/mol. The maximum Gasteiger partial charge on any atom is 0.338 e. The Morgan fingerprint density at radius 2 is 1.89 bits per heavy atom. The normalized spacial score (nSPS) is 15.1. The molecule has 0 N–H and O–H groups in total. The molecule has 1 aliphatic heterocycles. The van der Waals surface area contributed by atoms with Gasteiger partial charge in [-0.05, 0) is 103 Å². The van der Waals surface area contributed by atoms with Gasteiger partial charge in [-0.15, -0.1) is 0 Å². The Morgan fingerprint density at radius 1 is 1.18 bits per heavy atom. The standard InChI is InChI=1S/C27H23Br3N2O5S/c1-5-9-37-24-18(29)10-15(11-19(24)30)12-21-25(33)32-23(16-7-8-20(35-4)17(28)13-16)22(26(34)36-6-2)14(3)31-27(32)38-21/h5,7-8,10-13,23H,1,6,9H2,2-4H3/b21-12+/t23-/m1/s1. The minimum Gasteiger partial charge on any atom is -0.496 e. The maximum atomic E-state index is 13.8. The second kappa shape index (κ2) is 12.1. The highest BCUT2D eigenvalue weighted by molar-refractivity contribution is 9.11. The molecule has 0 bridgehead atoms. The highest BCUT2D eigenvalue weighted by atomic mass is 79.9. The molecule has 0 unspecified atom stereocenters. The number of methoxy groups -OCH3 is 1. The second-order valence-corrected chi connectivity index (χ2v) is 11.7. The molecule has 11 heteroatoms. The van der Waals surface area contributed by atoms with Gasteiger partial charge in [-0.1, -0.05) is 30.1 Å². The minimum atomic E-state index is -0.720. The lowest BCUT2D eigenvalue weighted by atomic mass is 9.96. The summed E-state index contributed by atoms with van der Waals surface area (Å²) in [4.78, 5) is 32.0. The van der Waals surface area contributed by atoms with Crippen molar-refractivity contribution in [1.29, 1.82) is 0 Å². The number of hydrogen-bond acceptors (Lipinski definition) is 7. The molecule has 0 amide bonds. The molecule has 7 nitrogen and oxygen atoms in total. The molecule has 0 fully saturated rings. The first-order valence-electron chi connectivity index (χ1n) is 11.5. The number of esters is 1. The number of fused-ring (bicyclic) bond motifs is 1. The Morgan fingerprint density at radius 3 is 2.50 bits per heavy atom. The smallest absolute Gasteiger partial charge is 0.338 e. The van der Waals surface area contributed by atoms with Crippen LogP contribution in [0.15, 0.2) is 77.5 Å². The van der Waals surface area contributed by atoms with Crippen LogP contribution in [0.5, 0.6) is 11.5 Å². The molecule has 1 atom stereocenters. The lowest BCUT2D eigenvalue weighted by molar-refractivity contribution is -0.139. The molecule has 0 radical (unpaired) electrons. The van der Waals surface area contributed by atoms with Crippen molar-refractivity contribution in [2.45, 2.75) is 19.9 Å². The van der Waals surface area contributed by atoms with E-state index in [0.29, 0.717) is 43.2 Å². The van der Waals surface area contributed by atoms with Crippen molar-refractivity contribution in [3.63, 3.8) is 0 Å². The third-order valence-electron chi connectivity index (χ3n) is 5.67. The number of carbonyl (C=O) groups excluding carboxylic acids is 1. The third-order valence-corrected chi connectivity index (χ3v) is 8.45. The van der Waals surface area contributed by atoms with Crippen LogP contribution in [0, 0.1) is 0 Å². The Balaban J connectivity index is 1.91. The summed E-state index contributed by atoms with van der Waals surface area (Å²) in [5, 5.41) is 0. The fraction of sp³-hybridized carbons (Fsp3) is 0.222. The number of halogens is 3. The predicted molar refractivity (Wildman–Crippen MR) is 159 cm³/mol. The molecule has 38 heavy (non-hydrogen) atoms. The van der Waals surface area contributed by atoms with Crippen LogP contribution in [0.3, 0.4) is 0 Å². The average Bonchev–Trinajstić information content (AvgIpc) is 3.16. The number of ether oxygens (including phenoxy) is 3. The van der Waals surface area contributed by atoms with Crippen LogP contribution in [0.2, 0.25) is 0 Å². The van der Waals surface area contributed by atoms with Gasteiger partial charge in [-0.25, -0.2) is 9.79 Å². The fourth-order valence-corrected chi connectivity index (χ4v) is 7.11. The number of allylic oxidation sites excluding steroid dienone is 1. The van der Waals surface area contributed by atoms with E-state index in [9.17, 15) is 9.59 Å². The highest BCUT2D eigenvalue weighted by Crippen LogP contribution is 2.36. The maximum absolute atomic E-state index is 13.8. The van der Waals surface area contributed by atoms with E-state index in [4.69, 9.17) is 14.2 Å². The van der Waals surface area contributed by atoms with Crippen molar-refractivity contribution in [2.24, 2.45) is 4.99 Å². The zero-order valence-electron chi connectivity index (χ0n) is 20.7. The van der Waals surface area contributed by atoms with Gasteiger partial charge >= 0.3 is 5.97 Å². The van der Waals surface area contributed by atoms with Gasteiger partial charge in [0.2, 0.25) is 0 Å². The third kappa shape index (κ3) is 5.61. The Kier molecular flexibility index (Phi) is 9.12. The van der Waals surface area contributed by atoms with Gasteiger partial charge in [0.15, 0.2) is 4.80 Å². The van der Waals surface area contributed by atoms with Gasteiger partial charge in [0.25, 0.3) is 5.56 Å². The first kappa shape index (κ1) is 28.5. The predicted octanol–water partition coefficient (Wildman–Crippen LogP) is 5.66. The van der Waals surface area contributed by atoms with Crippen molar-refractivity contribution in [1.82, 2.24) is 4.57 Å². The number of aromatic nitrogens is 1. The van der Waals surface area contributed by atoms with E-state index in [1.165, 1.54) is 11.3 Å². The molecule has 0 saturated carbocycles. The molecule has 3 aromatic rings. The summed E-state index contributed by atoms with van der Waals surface area (Å²) in [6.07, 6.45) is 3.46. The number of thiazole rings is 1. The van der Waals surface area contributed by atoms with Crippen LogP contribution in [0.4, 0.5) is 0 Å². The van der Waals surface area contributed by atoms with Crippen molar-refractivity contribution in [3.05, 3.63) is 98.5 Å². The van der Waals surface area contributed by atoms with Crippen molar-refractivity contribution < 1.29 is 19.0 Å². The summed E-state index contributed by atoms with van der Waals surface area (Å²) in [7, 11) is 1.58. The van der Waals surface area contributed by atoms with Gasteiger partial charge in [-0.2, -0.15) is 0 Å². The molecule has 2 heterocycles. The summed E-state index contributed by atoms with van der Waals surface area (Å²) in [6.45, 7) is 7.74. The minimum absolute atomic E-state index is 0.204. The number of rotatable bonds is 8. The molecule has 0 aliphatic carbocycles. The van der Waals surface area contributed by atoms with E-state index in [1.807, 2.05) is 24.3 Å². The topological polar surface area (TPSA) is 79.1 Å². The summed E-state index contributed by atoms with van der Waals surface area (Å²) < 4.78 is 20.6. The van der Waals surface area contributed by atoms with E-state index >= 15 is 0 Å². The first-order valence-corrected chi connectivity index (χ1v) is 14.7. The van der Waals surface area contributed by atoms with Crippen molar-refractivity contribution in [2.75, 3.05) is 20.3 Å². The van der Waals surface area contributed by atoms with Crippen molar-refractivity contribution in [3.8, 4) is 11.5 Å². The van der Waals surface area contributed by atoms with Crippen LogP contribution in [-0.2, 0) is 9.53 Å². The number of nitrogens with zero attached hydrogens (tertiary/aromatic N) is 2. The van der Waals surface area contributed by atoms with Crippen LogP contribution in [-0.4, -0.2) is 30.9 Å². The van der Waals surface area contributed by atoms with E-state index < -0.39 is 12.0 Å². The molecular formula is C27H23Br3N2O5S. The fourth-order valence-electron chi connectivity index (χ4n) is 4.05. The van der Waals surface area contributed by atoms with E-state index in [2.05, 4.69) is 59.4 Å². The summed E-state index contributed by atoms with van der Waals surface area (Å²) in [5.41, 5.74) is 2.06. The van der Waals surface area contributed by atoms with Crippen LogP contribution in [0.1, 0.15) is 31.0 Å². The molecule has 1 aliphatic rings. The van der Waals surface area contributed by atoms with Gasteiger partial charge < -0.3 is 14.2 Å². The van der Waals surface area contributed by atoms with Crippen molar-refractivity contribution >= 4 is 71.2 Å². The Labute approximate surface area is 248 Å². The Bertz CT molecular complexity index is 1620. The number of benzene rings is 2. The largest absolute Gasteiger partial charge is 0.496 e. The van der Waals surface area contributed by atoms with Crippen LogP contribution < -0.4 is 24.4 Å². The summed E-state index contributed by atoms with van der Waals surface area (Å²) in [5.74, 6) is 0.766. The van der Waals surface area contributed by atoms with Gasteiger partial charge in [-0.3, -0.25) is 9.36 Å². The SMILES string of the molecule is C=CCOc1c(Br)cc(/C=c2/sc3n(c2=O)[C@H](c2ccc(OC)c(Br)c2)C(C(=O)OCC)=C(C)N=3)cc1Br. The summed E-state index contributed by atoms with van der Waals surface area (Å²) >= 11 is 11.9. The van der Waals surface area contributed by atoms with Crippen LogP contribution in [0.25, 0.3) is 6.08 Å². The Hall–Kier alpha value is -2.47. The molecule has 0 saturated heterocycles. The van der Waals surface area contributed by atoms with E-state index in [0.717, 1.165) is 20.1 Å². The highest BCUT2D eigenvalue weighted by Gasteiger charge is 2.33. The number of carbonyl (C=O) groups is 1. The quantitative estimate of drug-likeness (QED) is 0.221. The summed E-state index contributed by atoms with van der Waals surface area (Å²) in [6, 6.07) is 8.49. The second-order valence-electron chi connectivity index (χ2n) is 8.11. The average molecular weight is 727 g/mol. The molecule has 2 aromatic carbocycles. The van der Waals surface area contributed by atoms with Gasteiger partial charge in [0.05, 0.1) is 49.0 Å². The van der Waals surface area contributed by atoms with Crippen LogP contribution >= 0.6 is 59.1 Å². The van der Waals surface area contributed by atoms with Gasteiger partial charge in [0.1, 0.15) is 18.1 Å². The molecule has 4 rings (SSSR count). The number of hydrogen-bond donors (Lipinski definition) is 0. The first-order chi connectivity index (χ1) is 18.2. The lowest BCUT2D eigenvalue weighted by Gasteiger charge is -2.25. The molecule has 1 aromatic heterocycles. The van der Waals surface area contributed by atoms with E-state index in [1.54, 1.807) is 43.7 Å².